The fourth-order valence-electron chi connectivity index (χ4n) is 2.57. The molecule has 0 saturated carbocycles. The van der Waals surface area contributed by atoms with E-state index in [4.69, 9.17) is 4.42 Å². The molecule has 0 radical (unpaired) electrons. The monoisotopic (exact) mass is 339 g/mol. The molecule has 25 heavy (non-hydrogen) atoms. The van der Waals surface area contributed by atoms with Gasteiger partial charge in [0.15, 0.2) is 0 Å². The molecule has 0 spiro atoms. The third kappa shape index (κ3) is 4.53. The van der Waals surface area contributed by atoms with E-state index in [1.807, 2.05) is 50.4 Å². The molecule has 2 heterocycles. The minimum absolute atomic E-state index is 0.0212. The van der Waals surface area contributed by atoms with Crippen LogP contribution in [0.2, 0.25) is 0 Å². The van der Waals surface area contributed by atoms with E-state index < -0.39 is 0 Å². The Balaban J connectivity index is 1.45. The zero-order chi connectivity index (χ0) is 17.6. The number of rotatable bonds is 7. The second-order valence-corrected chi connectivity index (χ2v) is 5.88. The molecule has 3 rings (SSSR count). The van der Waals surface area contributed by atoms with Gasteiger partial charge in [-0.2, -0.15) is 5.10 Å². The summed E-state index contributed by atoms with van der Waals surface area (Å²) in [6.07, 6.45) is 1.55. The first kappa shape index (κ1) is 16.9. The molecule has 0 atom stereocenters. The van der Waals surface area contributed by atoms with Gasteiger partial charge in [-0.25, -0.2) is 0 Å². The standard InChI is InChI=1S/C18H21N5O2/c1-13-12-15(23(2)22-13)18-21-20-17(25-18)9-8-16(24)19-11-10-14-6-4-3-5-7-14/h3-7,12H,8-11H2,1-2H3,(H,19,24). The highest BCUT2D eigenvalue weighted by molar-refractivity contribution is 5.76. The van der Waals surface area contributed by atoms with Crippen molar-refractivity contribution in [3.8, 4) is 11.6 Å². The number of nitrogens with one attached hydrogen (secondary N) is 1. The van der Waals surface area contributed by atoms with Gasteiger partial charge in [-0.15, -0.1) is 10.2 Å². The number of benzene rings is 1. The van der Waals surface area contributed by atoms with Gasteiger partial charge in [0.1, 0.15) is 5.69 Å². The zero-order valence-electron chi connectivity index (χ0n) is 14.4. The Labute approximate surface area is 146 Å². The maximum atomic E-state index is 11.9. The topological polar surface area (TPSA) is 85.8 Å². The van der Waals surface area contributed by atoms with E-state index in [0.29, 0.717) is 31.2 Å². The van der Waals surface area contributed by atoms with Crippen LogP contribution in [0.5, 0.6) is 0 Å². The largest absolute Gasteiger partial charge is 0.419 e. The van der Waals surface area contributed by atoms with Crippen LogP contribution in [0.15, 0.2) is 40.8 Å². The SMILES string of the molecule is Cc1cc(-c2nnc(CCC(=O)NCCc3ccccc3)o2)n(C)n1. The van der Waals surface area contributed by atoms with E-state index in [2.05, 4.69) is 20.6 Å². The quantitative estimate of drug-likeness (QED) is 0.712. The van der Waals surface area contributed by atoms with Crippen LogP contribution in [0.25, 0.3) is 11.6 Å². The lowest BCUT2D eigenvalue weighted by Crippen LogP contribution is -2.25. The predicted molar refractivity (Wildman–Crippen MR) is 92.7 cm³/mol. The maximum absolute atomic E-state index is 11.9. The van der Waals surface area contributed by atoms with Gasteiger partial charge < -0.3 is 9.73 Å². The summed E-state index contributed by atoms with van der Waals surface area (Å²) < 4.78 is 7.32. The number of carbonyl (C=O) groups excluding carboxylic acids is 1. The first-order valence-corrected chi connectivity index (χ1v) is 8.26. The lowest BCUT2D eigenvalue weighted by molar-refractivity contribution is -0.121. The fourth-order valence-corrected chi connectivity index (χ4v) is 2.57. The Morgan fingerprint density at radius 2 is 2.00 bits per heavy atom. The molecule has 7 heteroatoms. The number of carbonyl (C=O) groups is 1. The van der Waals surface area contributed by atoms with Crippen LogP contribution in [-0.2, 0) is 24.7 Å². The third-order valence-electron chi connectivity index (χ3n) is 3.83. The summed E-state index contributed by atoms with van der Waals surface area (Å²) in [5, 5.41) is 15.2. The first-order valence-electron chi connectivity index (χ1n) is 8.26. The molecule has 1 aromatic carbocycles. The van der Waals surface area contributed by atoms with Crippen LogP contribution < -0.4 is 5.32 Å². The van der Waals surface area contributed by atoms with Gasteiger partial charge in [0.25, 0.3) is 5.89 Å². The van der Waals surface area contributed by atoms with Crippen molar-refractivity contribution in [1.29, 1.82) is 0 Å². The molecule has 0 unspecified atom stereocenters. The highest BCUT2D eigenvalue weighted by Crippen LogP contribution is 2.18. The Kier molecular flexibility index (Phi) is 5.23. The van der Waals surface area contributed by atoms with Crippen LogP contribution in [0, 0.1) is 6.92 Å². The molecule has 0 saturated heterocycles. The Bertz CT molecular complexity index is 838. The molecule has 3 aromatic rings. The molecule has 1 N–H and O–H groups in total. The Morgan fingerprint density at radius 3 is 2.72 bits per heavy atom. The Hall–Kier alpha value is -2.96. The molecule has 0 aliphatic rings. The predicted octanol–water partition coefficient (Wildman–Crippen LogP) is 2.07. The van der Waals surface area contributed by atoms with Crippen LogP contribution in [0.3, 0.4) is 0 Å². The van der Waals surface area contributed by atoms with Gasteiger partial charge in [-0.3, -0.25) is 9.48 Å². The number of nitrogens with zero attached hydrogens (tertiary/aromatic N) is 4. The van der Waals surface area contributed by atoms with Crippen molar-refractivity contribution in [3.05, 3.63) is 53.5 Å². The average Bonchev–Trinajstić information content (AvgIpc) is 3.20. The zero-order valence-corrected chi connectivity index (χ0v) is 14.4. The van der Waals surface area contributed by atoms with Gasteiger partial charge >= 0.3 is 0 Å². The van der Waals surface area contributed by atoms with E-state index >= 15 is 0 Å². The van der Waals surface area contributed by atoms with Crippen molar-refractivity contribution < 1.29 is 9.21 Å². The van der Waals surface area contributed by atoms with Crippen LogP contribution in [0.1, 0.15) is 23.6 Å². The minimum atomic E-state index is -0.0212. The van der Waals surface area contributed by atoms with Crippen molar-refractivity contribution in [2.75, 3.05) is 6.54 Å². The number of hydrogen-bond acceptors (Lipinski definition) is 5. The third-order valence-corrected chi connectivity index (χ3v) is 3.83. The second kappa shape index (κ2) is 7.74. The summed E-state index contributed by atoms with van der Waals surface area (Å²) >= 11 is 0. The number of hydrogen-bond donors (Lipinski definition) is 1. The molecule has 0 bridgehead atoms. The lowest BCUT2D eigenvalue weighted by atomic mass is 10.1. The number of aromatic nitrogens is 4. The summed E-state index contributed by atoms with van der Waals surface area (Å²) in [6.45, 7) is 2.52. The van der Waals surface area contributed by atoms with Gasteiger partial charge in [0.05, 0.1) is 5.69 Å². The summed E-state index contributed by atoms with van der Waals surface area (Å²) in [7, 11) is 1.83. The molecule has 7 nitrogen and oxygen atoms in total. The van der Waals surface area contributed by atoms with Gasteiger partial charge in [-0.05, 0) is 25.0 Å². The van der Waals surface area contributed by atoms with Crippen molar-refractivity contribution in [2.24, 2.45) is 7.05 Å². The number of amides is 1. The van der Waals surface area contributed by atoms with Crippen molar-refractivity contribution >= 4 is 5.91 Å². The molecule has 2 aromatic heterocycles. The summed E-state index contributed by atoms with van der Waals surface area (Å²) in [5.74, 6) is 0.849. The van der Waals surface area contributed by atoms with Gasteiger partial charge in [0, 0.05) is 26.4 Å². The van der Waals surface area contributed by atoms with E-state index in [1.54, 1.807) is 4.68 Å². The van der Waals surface area contributed by atoms with E-state index in [0.717, 1.165) is 17.8 Å². The second-order valence-electron chi connectivity index (χ2n) is 5.88. The van der Waals surface area contributed by atoms with Crippen LogP contribution >= 0.6 is 0 Å². The molecule has 130 valence electrons. The smallest absolute Gasteiger partial charge is 0.265 e. The molecule has 1 amide bonds. The Morgan fingerprint density at radius 1 is 1.20 bits per heavy atom. The van der Waals surface area contributed by atoms with Crippen molar-refractivity contribution in [3.63, 3.8) is 0 Å². The van der Waals surface area contributed by atoms with E-state index in [9.17, 15) is 4.79 Å². The number of aryl methyl sites for hydroxylation is 3. The first-order chi connectivity index (χ1) is 12.1. The van der Waals surface area contributed by atoms with E-state index in [1.165, 1.54) is 5.56 Å². The lowest BCUT2D eigenvalue weighted by Gasteiger charge is -2.04. The van der Waals surface area contributed by atoms with Crippen LogP contribution in [-0.4, -0.2) is 32.4 Å². The van der Waals surface area contributed by atoms with Gasteiger partial charge in [-0.1, -0.05) is 30.3 Å². The van der Waals surface area contributed by atoms with Crippen molar-refractivity contribution in [2.45, 2.75) is 26.2 Å². The van der Waals surface area contributed by atoms with E-state index in [-0.39, 0.29) is 5.91 Å². The van der Waals surface area contributed by atoms with Gasteiger partial charge in [0.2, 0.25) is 11.8 Å². The maximum Gasteiger partial charge on any atom is 0.265 e. The molecular formula is C18H21N5O2. The fraction of sp³-hybridized carbons (Fsp3) is 0.333. The average molecular weight is 339 g/mol. The molecule has 0 fully saturated rings. The van der Waals surface area contributed by atoms with Crippen molar-refractivity contribution in [1.82, 2.24) is 25.3 Å². The highest BCUT2D eigenvalue weighted by Gasteiger charge is 2.14. The molecule has 0 aliphatic heterocycles. The summed E-state index contributed by atoms with van der Waals surface area (Å²) in [4.78, 5) is 11.9. The normalized spacial score (nSPS) is 10.8. The summed E-state index contributed by atoms with van der Waals surface area (Å²) in [6, 6.07) is 11.9. The highest BCUT2D eigenvalue weighted by atomic mass is 16.4. The summed E-state index contributed by atoms with van der Waals surface area (Å²) in [5.41, 5.74) is 2.86. The minimum Gasteiger partial charge on any atom is -0.419 e. The molecular weight excluding hydrogens is 318 g/mol. The van der Waals surface area contributed by atoms with Crippen LogP contribution in [0.4, 0.5) is 0 Å². The molecule has 0 aliphatic carbocycles.